The van der Waals surface area contributed by atoms with Crippen LogP contribution in [-0.2, 0) is 4.79 Å². The number of carbonyl (C=O) groups excluding carboxylic acids is 1. The van der Waals surface area contributed by atoms with Gasteiger partial charge in [0.05, 0.1) is 0 Å². The Labute approximate surface area is 112 Å². The van der Waals surface area contributed by atoms with E-state index in [9.17, 15) is 9.59 Å². The third kappa shape index (κ3) is 3.31. The van der Waals surface area contributed by atoms with E-state index in [0.29, 0.717) is 13.0 Å². The maximum absolute atomic E-state index is 11.9. The molecule has 1 rings (SSSR count). The number of carboxylic acid groups (broad SMARTS) is 1. The number of carbonyl (C=O) groups is 2. The molecule has 0 bridgehead atoms. The van der Waals surface area contributed by atoms with Crippen LogP contribution >= 0.6 is 11.8 Å². The van der Waals surface area contributed by atoms with E-state index in [0.717, 1.165) is 12.8 Å². The van der Waals surface area contributed by atoms with E-state index in [1.165, 1.54) is 18.4 Å². The van der Waals surface area contributed by atoms with Crippen molar-refractivity contribution in [1.82, 2.24) is 10.2 Å². The van der Waals surface area contributed by atoms with E-state index in [4.69, 9.17) is 5.11 Å². The molecule has 0 aliphatic heterocycles. The van der Waals surface area contributed by atoms with Gasteiger partial charge in [-0.2, -0.15) is 11.8 Å². The molecule has 1 fully saturated rings. The highest BCUT2D eigenvalue weighted by Gasteiger charge is 2.37. The zero-order valence-electron chi connectivity index (χ0n) is 11.2. The fourth-order valence-corrected chi connectivity index (χ4v) is 3.05. The Bertz CT molecular complexity index is 313. The largest absolute Gasteiger partial charge is 0.480 e. The van der Waals surface area contributed by atoms with E-state index in [-0.39, 0.29) is 10.8 Å². The van der Waals surface area contributed by atoms with Crippen LogP contribution in [-0.4, -0.2) is 52.6 Å². The summed E-state index contributed by atoms with van der Waals surface area (Å²) >= 11 is 1.78. The summed E-state index contributed by atoms with van der Waals surface area (Å²) < 4.78 is 0.168. The zero-order chi connectivity index (χ0) is 13.8. The molecule has 0 heterocycles. The molecule has 0 aromatic rings. The highest BCUT2D eigenvalue weighted by atomic mass is 32.2. The fourth-order valence-electron chi connectivity index (χ4n) is 2.14. The first-order chi connectivity index (χ1) is 8.45. The average molecular weight is 274 g/mol. The maximum atomic E-state index is 11.9. The molecule has 18 heavy (non-hydrogen) atoms. The van der Waals surface area contributed by atoms with Crippen molar-refractivity contribution in [2.75, 3.05) is 19.8 Å². The quantitative estimate of drug-likeness (QED) is 0.774. The van der Waals surface area contributed by atoms with Gasteiger partial charge < -0.3 is 15.3 Å². The van der Waals surface area contributed by atoms with Gasteiger partial charge in [-0.05, 0) is 25.5 Å². The SMILES string of the molecule is CCC(C(=O)O)N(C)C(=O)NCC1(SC)CCC1. The summed E-state index contributed by atoms with van der Waals surface area (Å²) in [4.78, 5) is 24.1. The van der Waals surface area contributed by atoms with Crippen molar-refractivity contribution in [3.8, 4) is 0 Å². The second-order valence-corrected chi connectivity index (χ2v) is 6.05. The van der Waals surface area contributed by atoms with E-state index in [1.54, 1.807) is 18.7 Å². The number of hydrogen-bond donors (Lipinski definition) is 2. The van der Waals surface area contributed by atoms with Crippen LogP contribution in [0.5, 0.6) is 0 Å². The molecule has 0 aromatic carbocycles. The van der Waals surface area contributed by atoms with Crippen LogP contribution in [0, 0.1) is 0 Å². The van der Waals surface area contributed by atoms with Crippen LogP contribution in [0.25, 0.3) is 0 Å². The molecule has 2 N–H and O–H groups in total. The van der Waals surface area contributed by atoms with E-state index >= 15 is 0 Å². The number of urea groups is 1. The predicted molar refractivity (Wildman–Crippen MR) is 73.0 cm³/mol. The first-order valence-electron chi connectivity index (χ1n) is 6.24. The zero-order valence-corrected chi connectivity index (χ0v) is 12.0. The number of aliphatic carboxylic acids is 1. The lowest BCUT2D eigenvalue weighted by Crippen LogP contribution is -2.52. The first-order valence-corrected chi connectivity index (χ1v) is 7.47. The van der Waals surface area contributed by atoms with Gasteiger partial charge in [-0.1, -0.05) is 13.3 Å². The van der Waals surface area contributed by atoms with Crippen LogP contribution in [0.4, 0.5) is 4.79 Å². The van der Waals surface area contributed by atoms with Crippen molar-refractivity contribution >= 4 is 23.8 Å². The van der Waals surface area contributed by atoms with Gasteiger partial charge in [0, 0.05) is 18.3 Å². The Morgan fingerprint density at radius 1 is 1.50 bits per heavy atom. The number of likely N-dealkylation sites (N-methyl/N-ethyl adjacent to an activating group) is 1. The third-order valence-electron chi connectivity index (χ3n) is 3.72. The Balaban J connectivity index is 2.47. The summed E-state index contributed by atoms with van der Waals surface area (Å²) in [5.41, 5.74) is 0. The van der Waals surface area contributed by atoms with Crippen LogP contribution in [0.15, 0.2) is 0 Å². The number of nitrogens with one attached hydrogen (secondary N) is 1. The molecule has 1 aliphatic rings. The van der Waals surface area contributed by atoms with Gasteiger partial charge >= 0.3 is 12.0 Å². The van der Waals surface area contributed by atoms with Crippen molar-refractivity contribution in [1.29, 1.82) is 0 Å². The number of hydrogen-bond acceptors (Lipinski definition) is 3. The number of rotatable bonds is 6. The highest BCUT2D eigenvalue weighted by Crippen LogP contribution is 2.42. The molecule has 1 aliphatic carbocycles. The number of thioether (sulfide) groups is 1. The minimum Gasteiger partial charge on any atom is -0.480 e. The first kappa shape index (κ1) is 15.1. The normalized spacial score (nSPS) is 18.6. The van der Waals surface area contributed by atoms with Crippen molar-refractivity contribution in [3.63, 3.8) is 0 Å². The van der Waals surface area contributed by atoms with Crippen LogP contribution < -0.4 is 5.32 Å². The van der Waals surface area contributed by atoms with E-state index < -0.39 is 12.0 Å². The molecule has 6 heteroatoms. The molecular weight excluding hydrogens is 252 g/mol. The lowest BCUT2D eigenvalue weighted by atomic mass is 9.84. The minimum absolute atomic E-state index is 0.168. The Morgan fingerprint density at radius 3 is 2.44 bits per heavy atom. The van der Waals surface area contributed by atoms with Gasteiger partial charge in [-0.3, -0.25) is 0 Å². The Kier molecular flexibility index (Phi) is 5.31. The summed E-state index contributed by atoms with van der Waals surface area (Å²) in [6.07, 6.45) is 5.91. The molecule has 1 atom stereocenters. The molecule has 0 radical (unpaired) electrons. The monoisotopic (exact) mass is 274 g/mol. The van der Waals surface area contributed by atoms with Crippen molar-refractivity contribution in [2.24, 2.45) is 0 Å². The molecule has 104 valence electrons. The van der Waals surface area contributed by atoms with Crippen molar-refractivity contribution in [3.05, 3.63) is 0 Å². The van der Waals surface area contributed by atoms with E-state index in [2.05, 4.69) is 11.6 Å². The van der Waals surface area contributed by atoms with Gasteiger partial charge in [0.1, 0.15) is 6.04 Å². The summed E-state index contributed by atoms with van der Waals surface area (Å²) in [5.74, 6) is -0.960. The van der Waals surface area contributed by atoms with Crippen LogP contribution in [0.1, 0.15) is 32.6 Å². The fraction of sp³-hybridized carbons (Fsp3) is 0.833. The van der Waals surface area contributed by atoms with Crippen LogP contribution in [0.2, 0.25) is 0 Å². The molecule has 0 aromatic heterocycles. The van der Waals surface area contributed by atoms with Gasteiger partial charge in [-0.25, -0.2) is 9.59 Å². The predicted octanol–water partition coefficient (Wildman–Crippen LogP) is 1.78. The number of nitrogens with zero attached hydrogens (tertiary/aromatic N) is 1. The number of amides is 2. The summed E-state index contributed by atoms with van der Waals surface area (Å²) in [6, 6.07) is -1.05. The smallest absolute Gasteiger partial charge is 0.326 e. The van der Waals surface area contributed by atoms with Gasteiger partial charge in [-0.15, -0.1) is 0 Å². The van der Waals surface area contributed by atoms with Crippen molar-refractivity contribution < 1.29 is 14.7 Å². The molecule has 1 saturated carbocycles. The molecular formula is C12H22N2O3S. The Morgan fingerprint density at radius 2 is 2.11 bits per heavy atom. The molecule has 1 unspecified atom stereocenters. The second-order valence-electron chi connectivity index (χ2n) is 4.77. The van der Waals surface area contributed by atoms with Crippen LogP contribution in [0.3, 0.4) is 0 Å². The standard InChI is InChI=1S/C12H22N2O3S/c1-4-9(10(15)16)14(2)11(17)13-8-12(18-3)6-5-7-12/h9H,4-8H2,1-3H3,(H,13,17)(H,15,16). The molecule has 2 amide bonds. The number of carboxylic acids is 1. The third-order valence-corrected chi connectivity index (χ3v) is 5.14. The summed E-state index contributed by atoms with van der Waals surface area (Å²) in [5, 5.41) is 11.8. The lowest BCUT2D eigenvalue weighted by molar-refractivity contribution is -0.141. The molecule has 5 nitrogen and oxygen atoms in total. The van der Waals surface area contributed by atoms with Gasteiger partial charge in [0.25, 0.3) is 0 Å². The summed E-state index contributed by atoms with van der Waals surface area (Å²) in [7, 11) is 1.53. The van der Waals surface area contributed by atoms with E-state index in [1.807, 2.05) is 0 Å². The maximum Gasteiger partial charge on any atom is 0.326 e. The molecule has 0 saturated heterocycles. The van der Waals surface area contributed by atoms with Crippen molar-refractivity contribution in [2.45, 2.75) is 43.4 Å². The average Bonchev–Trinajstić information content (AvgIpc) is 2.28. The lowest BCUT2D eigenvalue weighted by Gasteiger charge is -2.40. The highest BCUT2D eigenvalue weighted by molar-refractivity contribution is 8.00. The Hall–Kier alpha value is -0.910. The molecule has 0 spiro atoms. The van der Waals surface area contributed by atoms with Gasteiger partial charge in [0.15, 0.2) is 0 Å². The summed E-state index contributed by atoms with van der Waals surface area (Å²) in [6.45, 7) is 2.38. The minimum atomic E-state index is -0.960. The van der Waals surface area contributed by atoms with Gasteiger partial charge in [0.2, 0.25) is 0 Å². The second kappa shape index (κ2) is 6.31. The topological polar surface area (TPSA) is 69.6 Å².